The molecule has 1 N–H and O–H groups in total. The van der Waals surface area contributed by atoms with Crippen molar-refractivity contribution in [2.75, 3.05) is 18.7 Å². The average Bonchev–Trinajstić information content (AvgIpc) is 3.16. The molecule has 0 aliphatic rings. The number of nitrogens with zero attached hydrogens (tertiary/aromatic N) is 2. The monoisotopic (exact) mass is 459 g/mol. The molecule has 1 aromatic heterocycles. The molecule has 10 heteroatoms. The zero-order valence-corrected chi connectivity index (χ0v) is 19.0. The van der Waals surface area contributed by atoms with E-state index in [2.05, 4.69) is 10.4 Å². The number of amides is 1. The van der Waals surface area contributed by atoms with Crippen molar-refractivity contribution in [3.8, 4) is 17.2 Å². The second kappa shape index (κ2) is 9.84. The smallest absolute Gasteiger partial charge is 0.257 e. The van der Waals surface area contributed by atoms with Crippen LogP contribution in [0.25, 0.3) is 0 Å². The minimum atomic E-state index is -3.40. The first-order chi connectivity index (χ1) is 15.2. The van der Waals surface area contributed by atoms with E-state index in [1.54, 1.807) is 48.3 Å². The quantitative estimate of drug-likeness (QED) is 0.487. The van der Waals surface area contributed by atoms with Crippen LogP contribution in [0.1, 0.15) is 23.7 Å². The summed E-state index contributed by atoms with van der Waals surface area (Å²) in [4.78, 5) is 12.9. The molecule has 9 nitrogen and oxygen atoms in total. The van der Waals surface area contributed by atoms with Crippen LogP contribution < -0.4 is 14.8 Å². The molecule has 0 spiro atoms. The van der Waals surface area contributed by atoms with Gasteiger partial charge in [0.05, 0.1) is 4.90 Å². The van der Waals surface area contributed by atoms with E-state index in [0.29, 0.717) is 29.5 Å². The molecule has 170 valence electrons. The summed E-state index contributed by atoms with van der Waals surface area (Å²) in [5.41, 5.74) is 0.272. The molecular weight excluding hydrogens is 434 g/mol. The topological polar surface area (TPSA) is 109 Å². The number of carbonyl (C=O) groups excluding carboxylic acids is 1. The number of ether oxygens (including phenoxy) is 3. The van der Waals surface area contributed by atoms with Crippen LogP contribution in [0.5, 0.6) is 17.2 Å². The highest BCUT2D eigenvalue weighted by Gasteiger charge is 2.15. The van der Waals surface area contributed by atoms with E-state index in [0.717, 1.165) is 6.26 Å². The first-order valence-corrected chi connectivity index (χ1v) is 11.7. The van der Waals surface area contributed by atoms with Crippen LogP contribution in [-0.2, 0) is 21.6 Å². The van der Waals surface area contributed by atoms with Crippen molar-refractivity contribution in [2.45, 2.75) is 24.5 Å². The minimum Gasteiger partial charge on any atom is -0.465 e. The normalized spacial score (nSPS) is 12.2. The number of hydrogen-bond acceptors (Lipinski definition) is 7. The summed E-state index contributed by atoms with van der Waals surface area (Å²) < 4.78 is 42.2. The van der Waals surface area contributed by atoms with Crippen LogP contribution in [0.15, 0.2) is 59.6 Å². The van der Waals surface area contributed by atoms with E-state index in [1.165, 1.54) is 25.3 Å². The van der Waals surface area contributed by atoms with Crippen LogP contribution in [0, 0.1) is 0 Å². The molecule has 3 aromatic rings. The standard InChI is InChI=1S/C22H25N3O6S/c1-5-21(29-3)31-18-12-15(22(26)23-20-9-10-25(2)24-20)11-17(13-18)30-16-7-6-8-19(14-16)32(4,27)28/h6-14,21H,5H2,1-4H3,(H,23,24,26). The molecule has 0 radical (unpaired) electrons. The Balaban J connectivity index is 1.93. The molecule has 0 bridgehead atoms. The predicted octanol–water partition coefficient (Wildman–Crippen LogP) is 3.63. The SMILES string of the molecule is CCC(OC)Oc1cc(Oc2cccc(S(C)(=O)=O)c2)cc(C(=O)Nc2ccn(C)n2)c1. The van der Waals surface area contributed by atoms with Crippen molar-refractivity contribution in [1.29, 1.82) is 0 Å². The van der Waals surface area contributed by atoms with Gasteiger partial charge in [0, 0.05) is 50.7 Å². The molecule has 1 heterocycles. The van der Waals surface area contributed by atoms with Crippen LogP contribution in [-0.4, -0.2) is 43.8 Å². The Morgan fingerprint density at radius 3 is 2.50 bits per heavy atom. The van der Waals surface area contributed by atoms with Gasteiger partial charge in [0.2, 0.25) is 0 Å². The van der Waals surface area contributed by atoms with Crippen molar-refractivity contribution < 1.29 is 27.4 Å². The summed E-state index contributed by atoms with van der Waals surface area (Å²) in [5.74, 6) is 0.955. The number of aryl methyl sites for hydroxylation is 1. The van der Waals surface area contributed by atoms with Crippen molar-refractivity contribution in [1.82, 2.24) is 9.78 Å². The number of sulfone groups is 1. The molecule has 0 saturated carbocycles. The third-order valence-corrected chi connectivity index (χ3v) is 5.54. The molecule has 1 unspecified atom stereocenters. The van der Waals surface area contributed by atoms with Crippen LogP contribution in [0.2, 0.25) is 0 Å². The molecule has 0 fully saturated rings. The lowest BCUT2D eigenvalue weighted by molar-refractivity contribution is -0.0549. The summed E-state index contributed by atoms with van der Waals surface area (Å²) in [6.07, 6.45) is 2.91. The first kappa shape index (κ1) is 23.3. The van der Waals surface area contributed by atoms with Crippen molar-refractivity contribution in [2.24, 2.45) is 7.05 Å². The number of methoxy groups -OCH3 is 1. The Kier molecular flexibility index (Phi) is 7.16. The summed E-state index contributed by atoms with van der Waals surface area (Å²) in [5, 5.41) is 6.86. The van der Waals surface area contributed by atoms with E-state index in [4.69, 9.17) is 14.2 Å². The van der Waals surface area contributed by atoms with Crippen molar-refractivity contribution in [3.05, 3.63) is 60.3 Å². The lowest BCUT2D eigenvalue weighted by atomic mass is 10.2. The van der Waals surface area contributed by atoms with Gasteiger partial charge in [-0.3, -0.25) is 9.48 Å². The van der Waals surface area contributed by atoms with Crippen LogP contribution in [0.3, 0.4) is 0 Å². The van der Waals surface area contributed by atoms with E-state index >= 15 is 0 Å². The molecule has 1 amide bonds. The molecular formula is C22H25N3O6S. The van der Waals surface area contributed by atoms with Gasteiger partial charge in [-0.2, -0.15) is 5.10 Å². The molecule has 32 heavy (non-hydrogen) atoms. The number of carbonyl (C=O) groups is 1. The van der Waals surface area contributed by atoms with Gasteiger partial charge in [-0.25, -0.2) is 8.42 Å². The third kappa shape index (κ3) is 6.08. The fourth-order valence-electron chi connectivity index (χ4n) is 2.85. The lowest BCUT2D eigenvalue weighted by Crippen LogP contribution is -2.18. The number of benzene rings is 2. The third-order valence-electron chi connectivity index (χ3n) is 4.43. The average molecular weight is 460 g/mol. The van der Waals surface area contributed by atoms with Gasteiger partial charge in [0.1, 0.15) is 17.2 Å². The lowest BCUT2D eigenvalue weighted by Gasteiger charge is -2.17. The van der Waals surface area contributed by atoms with Crippen LogP contribution in [0.4, 0.5) is 5.82 Å². The summed E-state index contributed by atoms with van der Waals surface area (Å²) in [6, 6.07) is 12.5. The number of aromatic nitrogens is 2. The zero-order chi connectivity index (χ0) is 23.3. The van der Waals surface area contributed by atoms with Gasteiger partial charge in [0.25, 0.3) is 5.91 Å². The Morgan fingerprint density at radius 2 is 1.88 bits per heavy atom. The van der Waals surface area contributed by atoms with Gasteiger partial charge in [-0.05, 0) is 30.3 Å². The highest BCUT2D eigenvalue weighted by atomic mass is 32.2. The molecule has 0 aliphatic heterocycles. The molecule has 0 saturated heterocycles. The first-order valence-electron chi connectivity index (χ1n) is 9.81. The molecule has 0 aliphatic carbocycles. The fourth-order valence-corrected chi connectivity index (χ4v) is 3.51. The van der Waals surface area contributed by atoms with Gasteiger partial charge >= 0.3 is 0 Å². The Morgan fingerprint density at radius 1 is 1.12 bits per heavy atom. The second-order valence-electron chi connectivity index (χ2n) is 7.06. The maximum absolute atomic E-state index is 12.8. The second-order valence-corrected chi connectivity index (χ2v) is 9.08. The van der Waals surface area contributed by atoms with E-state index in [9.17, 15) is 13.2 Å². The van der Waals surface area contributed by atoms with Crippen LogP contribution >= 0.6 is 0 Å². The molecule has 3 rings (SSSR count). The largest absolute Gasteiger partial charge is 0.465 e. The molecule has 2 aromatic carbocycles. The maximum atomic E-state index is 12.8. The highest BCUT2D eigenvalue weighted by Crippen LogP contribution is 2.30. The van der Waals surface area contributed by atoms with E-state index in [-0.39, 0.29) is 10.5 Å². The Hall–Kier alpha value is -3.37. The summed E-state index contributed by atoms with van der Waals surface area (Å²) >= 11 is 0. The van der Waals surface area contributed by atoms with Gasteiger partial charge < -0.3 is 19.5 Å². The number of hydrogen-bond donors (Lipinski definition) is 1. The minimum absolute atomic E-state index is 0.126. The summed E-state index contributed by atoms with van der Waals surface area (Å²) in [6.45, 7) is 1.90. The fraction of sp³-hybridized carbons (Fsp3) is 0.273. The predicted molar refractivity (Wildman–Crippen MR) is 119 cm³/mol. The summed E-state index contributed by atoms with van der Waals surface area (Å²) in [7, 11) is -0.123. The van der Waals surface area contributed by atoms with Crippen molar-refractivity contribution >= 4 is 21.6 Å². The number of rotatable bonds is 9. The van der Waals surface area contributed by atoms with Gasteiger partial charge in [-0.1, -0.05) is 13.0 Å². The number of anilines is 1. The Labute approximate surface area is 186 Å². The number of nitrogens with one attached hydrogen (secondary N) is 1. The van der Waals surface area contributed by atoms with E-state index < -0.39 is 22.0 Å². The molecule has 1 atom stereocenters. The highest BCUT2D eigenvalue weighted by molar-refractivity contribution is 7.90. The van der Waals surface area contributed by atoms with Gasteiger partial charge in [0.15, 0.2) is 21.9 Å². The van der Waals surface area contributed by atoms with Crippen molar-refractivity contribution in [3.63, 3.8) is 0 Å². The Bertz CT molecular complexity index is 1200. The van der Waals surface area contributed by atoms with E-state index in [1.807, 2.05) is 6.92 Å². The van der Waals surface area contributed by atoms with Gasteiger partial charge in [-0.15, -0.1) is 0 Å². The maximum Gasteiger partial charge on any atom is 0.257 e. The zero-order valence-electron chi connectivity index (χ0n) is 18.2.